The average Bonchev–Trinajstić information content (AvgIpc) is 1.64. The van der Waals surface area contributed by atoms with Crippen LogP contribution in [-0.2, 0) is 0 Å². The Morgan fingerprint density at radius 3 is 1.89 bits per heavy atom. The Morgan fingerprint density at radius 1 is 1.22 bits per heavy atom. The Balaban J connectivity index is 0.000000640. The van der Waals surface area contributed by atoms with Crippen LogP contribution in [0.5, 0.6) is 0 Å². The molecule has 0 spiro atoms. The van der Waals surface area contributed by atoms with Gasteiger partial charge in [0.15, 0.2) is 0 Å². The van der Waals surface area contributed by atoms with Crippen LogP contribution < -0.4 is 51.4 Å². The quantitative estimate of drug-likeness (QED) is 0.376. The third kappa shape index (κ3) is 5.00. The fraction of sp³-hybridized carbons (Fsp3) is 0.833. The molecule has 0 saturated carbocycles. The Labute approximate surface area is 113 Å². The first-order valence-electron chi connectivity index (χ1n) is 2.91. The van der Waals surface area contributed by atoms with Gasteiger partial charge in [0, 0.05) is 0 Å². The minimum atomic E-state index is 0. The normalized spacial score (nSPS) is 35.3. The minimum absolute atomic E-state index is 0. The fourth-order valence-electron chi connectivity index (χ4n) is 0.800. The number of hydrogen-bond donors (Lipinski definition) is 0. The van der Waals surface area contributed by atoms with Gasteiger partial charge in [0.1, 0.15) is 0 Å². The zero-order valence-corrected chi connectivity index (χ0v) is 12.8. The van der Waals surface area contributed by atoms with Crippen LogP contribution in [0.3, 0.4) is 0 Å². The summed E-state index contributed by atoms with van der Waals surface area (Å²) in [5.74, 6) is 0. The van der Waals surface area contributed by atoms with E-state index in [-0.39, 0.29) is 51.4 Å². The van der Waals surface area contributed by atoms with Gasteiger partial charge in [-0.05, 0) is 0 Å². The van der Waals surface area contributed by atoms with E-state index in [9.17, 15) is 0 Å². The average molecular weight is 280 g/mol. The molecule has 0 aliphatic carbocycles. The molecule has 0 bridgehead atoms. The van der Waals surface area contributed by atoms with E-state index in [0.717, 1.165) is 39.5 Å². The first-order chi connectivity index (χ1) is 3.79. The van der Waals surface area contributed by atoms with E-state index < -0.39 is 0 Å². The molecule has 1 saturated heterocycles. The van der Waals surface area contributed by atoms with Crippen molar-refractivity contribution in [2.45, 2.75) is 29.9 Å². The molecule has 1 rings (SSSR count). The summed E-state index contributed by atoms with van der Waals surface area (Å²) in [6.45, 7) is 4.75. The summed E-state index contributed by atoms with van der Waals surface area (Å²) < 4.78 is 2.55. The summed E-state index contributed by atoms with van der Waals surface area (Å²) >= 11 is 1.79. The predicted octanol–water partition coefficient (Wildman–Crippen LogP) is -1.46. The first-order valence-corrected chi connectivity index (χ1v) is 6.87. The minimum Gasteiger partial charge on any atom is 1.00 e. The molecule has 2 atom stereocenters. The number of rotatable bonds is 0. The fourth-order valence-corrected chi connectivity index (χ4v) is 8.86. The molecule has 0 N–H and O–H groups in total. The van der Waals surface area contributed by atoms with Crippen LogP contribution >= 0.6 is 0 Å². The SMILES string of the molecule is C[C@@H]1C[C@H](C)[Se][CH-][Se]1.[K+]. The van der Waals surface area contributed by atoms with Crippen LogP contribution in [0, 0.1) is 4.22 Å². The Hall–Kier alpha value is 2.68. The summed E-state index contributed by atoms with van der Waals surface area (Å²) in [5, 5.41) is 0. The molecule has 48 valence electrons. The van der Waals surface area contributed by atoms with E-state index in [1.807, 2.05) is 0 Å². The molecule has 3 heteroatoms. The van der Waals surface area contributed by atoms with Crippen LogP contribution in [0.1, 0.15) is 20.3 Å². The predicted molar refractivity (Wildman–Crippen MR) is 39.3 cm³/mol. The van der Waals surface area contributed by atoms with Crippen LogP contribution in [0.2, 0.25) is 9.63 Å². The second-order valence-corrected chi connectivity index (χ2v) is 9.25. The van der Waals surface area contributed by atoms with Crippen LogP contribution in [0.25, 0.3) is 0 Å². The Bertz CT molecular complexity index is 69.5. The van der Waals surface area contributed by atoms with Crippen LogP contribution in [0.4, 0.5) is 0 Å². The zero-order chi connectivity index (χ0) is 5.98. The van der Waals surface area contributed by atoms with E-state index in [2.05, 4.69) is 18.1 Å². The Kier molecular flexibility index (Phi) is 8.07. The molecule has 0 amide bonds. The summed E-state index contributed by atoms with van der Waals surface area (Å²) in [7, 11) is 0. The first kappa shape index (κ1) is 11.7. The van der Waals surface area contributed by atoms with Gasteiger partial charge in [0.25, 0.3) is 0 Å². The van der Waals surface area contributed by atoms with Gasteiger partial charge in [-0.3, -0.25) is 0 Å². The molecule has 0 radical (unpaired) electrons. The zero-order valence-electron chi connectivity index (χ0n) is 6.26. The van der Waals surface area contributed by atoms with Gasteiger partial charge in [0.2, 0.25) is 0 Å². The van der Waals surface area contributed by atoms with E-state index in [4.69, 9.17) is 0 Å². The molecule has 0 unspecified atom stereocenters. The maximum absolute atomic E-state index is 2.55. The smallest absolute Gasteiger partial charge is 1.00 e. The van der Waals surface area contributed by atoms with Crippen molar-refractivity contribution in [2.75, 3.05) is 0 Å². The van der Waals surface area contributed by atoms with Gasteiger partial charge in [-0.25, -0.2) is 0 Å². The molecular formula is C6H11KSe2. The molecule has 0 aromatic heterocycles. The molecule has 1 fully saturated rings. The van der Waals surface area contributed by atoms with Crippen molar-refractivity contribution in [1.29, 1.82) is 0 Å². The summed E-state index contributed by atoms with van der Waals surface area (Å²) in [4.78, 5) is 2.07. The molecule has 1 heterocycles. The van der Waals surface area contributed by atoms with E-state index >= 15 is 0 Å². The summed E-state index contributed by atoms with van der Waals surface area (Å²) in [6.07, 6.45) is 1.50. The summed E-state index contributed by atoms with van der Waals surface area (Å²) in [6, 6.07) is 0. The molecule has 9 heavy (non-hydrogen) atoms. The van der Waals surface area contributed by atoms with Gasteiger partial charge >= 0.3 is 115 Å². The third-order valence-corrected chi connectivity index (χ3v) is 6.89. The second kappa shape index (κ2) is 6.22. The van der Waals surface area contributed by atoms with Gasteiger partial charge in [0.05, 0.1) is 0 Å². The molecule has 0 nitrogen and oxygen atoms in total. The molecule has 1 aliphatic rings. The maximum atomic E-state index is 2.55. The maximum Gasteiger partial charge on any atom is 1.00 e. The molecule has 0 aromatic rings. The second-order valence-electron chi connectivity index (χ2n) is 2.23. The Morgan fingerprint density at radius 2 is 1.67 bits per heavy atom. The van der Waals surface area contributed by atoms with Crippen molar-refractivity contribution in [3.8, 4) is 0 Å². The van der Waals surface area contributed by atoms with Gasteiger partial charge in [-0.2, -0.15) is 0 Å². The van der Waals surface area contributed by atoms with E-state index in [0.29, 0.717) is 0 Å². The van der Waals surface area contributed by atoms with Crippen LogP contribution in [-0.4, -0.2) is 29.9 Å². The van der Waals surface area contributed by atoms with Gasteiger partial charge < -0.3 is 0 Å². The monoisotopic (exact) mass is 282 g/mol. The van der Waals surface area contributed by atoms with Crippen molar-refractivity contribution < 1.29 is 51.4 Å². The van der Waals surface area contributed by atoms with Crippen molar-refractivity contribution in [3.63, 3.8) is 0 Å². The third-order valence-electron chi connectivity index (χ3n) is 1.24. The topological polar surface area (TPSA) is 0 Å². The van der Waals surface area contributed by atoms with Gasteiger partial charge in [-0.15, -0.1) is 0 Å². The van der Waals surface area contributed by atoms with E-state index in [1.54, 1.807) is 0 Å². The number of hydrogen-bond acceptors (Lipinski definition) is 0. The van der Waals surface area contributed by atoms with E-state index in [1.165, 1.54) is 6.42 Å². The summed E-state index contributed by atoms with van der Waals surface area (Å²) in [5.41, 5.74) is 0. The molecule has 0 aromatic carbocycles. The van der Waals surface area contributed by atoms with Crippen LogP contribution in [0.15, 0.2) is 0 Å². The standard InChI is InChI=1S/C6H11Se2.K/c1-5-3-6(2)8-4-7-5;/h4-6H,3H2,1-2H3;/q-1;+1/t5-,6+;. The van der Waals surface area contributed by atoms with Gasteiger partial charge in [-0.1, -0.05) is 0 Å². The molecule has 1 aliphatic heterocycles. The van der Waals surface area contributed by atoms with Crippen molar-refractivity contribution >= 4 is 29.9 Å². The van der Waals surface area contributed by atoms with Crippen molar-refractivity contribution in [3.05, 3.63) is 4.22 Å². The van der Waals surface area contributed by atoms with Crippen molar-refractivity contribution in [1.82, 2.24) is 0 Å². The molecular weight excluding hydrogens is 269 g/mol. The van der Waals surface area contributed by atoms with Crippen molar-refractivity contribution in [2.24, 2.45) is 0 Å². The largest absolute Gasteiger partial charge is 1.00 e.